The van der Waals surface area contributed by atoms with Crippen molar-refractivity contribution in [2.24, 2.45) is 0 Å². The molecule has 23 heavy (non-hydrogen) atoms. The summed E-state index contributed by atoms with van der Waals surface area (Å²) >= 11 is 1.87. The highest BCUT2D eigenvalue weighted by molar-refractivity contribution is 7.98. The summed E-state index contributed by atoms with van der Waals surface area (Å²) in [7, 11) is 0. The van der Waals surface area contributed by atoms with E-state index in [0.717, 1.165) is 25.1 Å². The lowest BCUT2D eigenvalue weighted by molar-refractivity contribution is 0.618. The molecule has 0 aliphatic rings. The van der Waals surface area contributed by atoms with Crippen molar-refractivity contribution in [3.8, 4) is 0 Å². The molecule has 0 radical (unpaired) electrons. The highest BCUT2D eigenvalue weighted by atomic mass is 32.2. The van der Waals surface area contributed by atoms with E-state index in [-0.39, 0.29) is 0 Å². The first-order valence-corrected chi connectivity index (χ1v) is 9.11. The first-order chi connectivity index (χ1) is 11.3. The molecule has 0 saturated carbocycles. The van der Waals surface area contributed by atoms with Crippen LogP contribution >= 0.6 is 11.8 Å². The van der Waals surface area contributed by atoms with E-state index in [4.69, 9.17) is 5.10 Å². The van der Waals surface area contributed by atoms with Gasteiger partial charge in [0.25, 0.3) is 0 Å². The van der Waals surface area contributed by atoms with Gasteiger partial charge in [0, 0.05) is 5.75 Å². The number of nitrogens with zero attached hydrogens (tertiary/aromatic N) is 2. The lowest BCUT2D eigenvalue weighted by Crippen LogP contribution is -2.03. The van der Waals surface area contributed by atoms with Gasteiger partial charge in [-0.15, -0.1) is 11.8 Å². The Balaban J connectivity index is 1.77. The number of benzene rings is 2. The third-order valence-corrected chi connectivity index (χ3v) is 4.81. The Hall–Kier alpha value is -2.00. The van der Waals surface area contributed by atoms with Crippen molar-refractivity contribution >= 4 is 11.8 Å². The van der Waals surface area contributed by atoms with Crippen LogP contribution in [0.4, 0.5) is 0 Å². The second-order valence-electron chi connectivity index (χ2n) is 5.64. The van der Waals surface area contributed by atoms with Crippen LogP contribution < -0.4 is 0 Å². The number of hydrogen-bond donors (Lipinski definition) is 0. The first-order valence-electron chi connectivity index (χ1n) is 8.12. The van der Waals surface area contributed by atoms with Crippen LogP contribution in [0.5, 0.6) is 0 Å². The third-order valence-electron chi connectivity index (χ3n) is 3.70. The molecule has 0 bridgehead atoms. The molecule has 2 nitrogen and oxygen atoms in total. The Labute approximate surface area is 142 Å². The minimum Gasteiger partial charge on any atom is -0.254 e. The van der Waals surface area contributed by atoms with E-state index in [9.17, 15) is 0 Å². The van der Waals surface area contributed by atoms with Gasteiger partial charge in [-0.3, -0.25) is 4.68 Å². The van der Waals surface area contributed by atoms with Crippen LogP contribution in [0.2, 0.25) is 0 Å². The molecule has 3 heteroatoms. The van der Waals surface area contributed by atoms with Gasteiger partial charge in [-0.2, -0.15) is 5.10 Å². The fraction of sp³-hybridized carbons (Fsp3) is 0.250. The Morgan fingerprint density at radius 3 is 2.22 bits per heavy atom. The van der Waals surface area contributed by atoms with E-state index in [0.29, 0.717) is 0 Å². The van der Waals surface area contributed by atoms with Gasteiger partial charge >= 0.3 is 0 Å². The molecule has 0 saturated heterocycles. The van der Waals surface area contributed by atoms with Crippen LogP contribution in [-0.2, 0) is 18.7 Å². The van der Waals surface area contributed by atoms with Crippen LogP contribution in [-0.4, -0.2) is 9.78 Å². The Morgan fingerprint density at radius 2 is 1.57 bits per heavy atom. The molecule has 3 aromatic rings. The number of rotatable bonds is 7. The van der Waals surface area contributed by atoms with Gasteiger partial charge < -0.3 is 0 Å². The molecule has 0 N–H and O–H groups in total. The molecule has 3 rings (SSSR count). The summed E-state index contributed by atoms with van der Waals surface area (Å²) in [6.45, 7) is 3.04. The van der Waals surface area contributed by atoms with Crippen LogP contribution in [0, 0.1) is 0 Å². The Kier molecular flexibility index (Phi) is 5.54. The zero-order valence-electron chi connectivity index (χ0n) is 13.5. The van der Waals surface area contributed by atoms with Crippen molar-refractivity contribution in [3.05, 3.63) is 83.6 Å². The van der Waals surface area contributed by atoms with E-state index in [1.165, 1.54) is 21.8 Å². The van der Waals surface area contributed by atoms with Crippen LogP contribution in [0.3, 0.4) is 0 Å². The summed E-state index contributed by atoms with van der Waals surface area (Å²) in [5.41, 5.74) is 3.83. The van der Waals surface area contributed by atoms with Gasteiger partial charge in [0.2, 0.25) is 0 Å². The molecule has 1 aromatic heterocycles. The molecular formula is C20H22N2S. The average molecular weight is 322 g/mol. The summed E-state index contributed by atoms with van der Waals surface area (Å²) in [6, 6.07) is 23.4. The minimum absolute atomic E-state index is 0.835. The van der Waals surface area contributed by atoms with E-state index >= 15 is 0 Å². The molecule has 0 aliphatic heterocycles. The van der Waals surface area contributed by atoms with Gasteiger partial charge in [-0.25, -0.2) is 0 Å². The smallest absolute Gasteiger partial charge is 0.0949 e. The normalized spacial score (nSPS) is 10.8. The number of thioether (sulfide) groups is 1. The number of hydrogen-bond acceptors (Lipinski definition) is 2. The molecular weight excluding hydrogens is 300 g/mol. The first kappa shape index (κ1) is 15.9. The van der Waals surface area contributed by atoms with E-state index in [2.05, 4.69) is 78.3 Å². The molecule has 0 fully saturated rings. The van der Waals surface area contributed by atoms with Crippen molar-refractivity contribution in [1.82, 2.24) is 9.78 Å². The standard InChI is InChI=1S/C20H22N2S/c1-2-9-19-14-20(23-16-18-12-7-4-8-13-18)22(21-19)15-17-10-5-3-6-11-17/h3-8,10-14H,2,9,15-16H2,1H3. The predicted molar refractivity (Wildman–Crippen MR) is 97.8 cm³/mol. The highest BCUT2D eigenvalue weighted by Gasteiger charge is 2.09. The maximum absolute atomic E-state index is 4.80. The lowest BCUT2D eigenvalue weighted by Gasteiger charge is -2.07. The van der Waals surface area contributed by atoms with Gasteiger partial charge in [-0.1, -0.05) is 74.0 Å². The van der Waals surface area contributed by atoms with E-state index < -0.39 is 0 Å². The third kappa shape index (κ3) is 4.49. The zero-order chi connectivity index (χ0) is 15.9. The molecule has 0 aliphatic carbocycles. The summed E-state index contributed by atoms with van der Waals surface area (Å²) in [6.07, 6.45) is 2.17. The van der Waals surface area contributed by atoms with Crippen LogP contribution in [0.25, 0.3) is 0 Å². The largest absolute Gasteiger partial charge is 0.254 e. The van der Waals surface area contributed by atoms with Crippen molar-refractivity contribution < 1.29 is 0 Å². The second-order valence-corrected chi connectivity index (χ2v) is 6.64. The van der Waals surface area contributed by atoms with E-state index in [1.807, 2.05) is 11.8 Å². The lowest BCUT2D eigenvalue weighted by atomic mass is 10.2. The Morgan fingerprint density at radius 1 is 0.913 bits per heavy atom. The van der Waals surface area contributed by atoms with Crippen molar-refractivity contribution in [1.29, 1.82) is 0 Å². The summed E-state index contributed by atoms with van der Waals surface area (Å²) < 4.78 is 2.15. The average Bonchev–Trinajstić information content (AvgIpc) is 2.97. The van der Waals surface area contributed by atoms with Gasteiger partial charge in [0.05, 0.1) is 17.3 Å². The maximum Gasteiger partial charge on any atom is 0.0949 e. The molecule has 0 spiro atoms. The molecule has 2 aromatic carbocycles. The van der Waals surface area contributed by atoms with Crippen molar-refractivity contribution in [2.75, 3.05) is 0 Å². The van der Waals surface area contributed by atoms with E-state index in [1.54, 1.807) is 0 Å². The topological polar surface area (TPSA) is 17.8 Å². The predicted octanol–water partition coefficient (Wildman–Crippen LogP) is 5.18. The zero-order valence-corrected chi connectivity index (χ0v) is 14.3. The highest BCUT2D eigenvalue weighted by Crippen LogP contribution is 2.25. The maximum atomic E-state index is 4.80. The molecule has 0 amide bonds. The second kappa shape index (κ2) is 8.02. The number of aromatic nitrogens is 2. The summed E-state index contributed by atoms with van der Waals surface area (Å²) in [5.74, 6) is 0.979. The molecule has 0 atom stereocenters. The SMILES string of the molecule is CCCc1cc(SCc2ccccc2)n(Cc2ccccc2)n1. The van der Waals surface area contributed by atoms with Gasteiger partial charge in [0.15, 0.2) is 0 Å². The fourth-order valence-electron chi connectivity index (χ4n) is 2.55. The Bertz CT molecular complexity index is 720. The summed E-state index contributed by atoms with van der Waals surface area (Å²) in [4.78, 5) is 0. The van der Waals surface area contributed by atoms with Gasteiger partial charge in [-0.05, 0) is 23.6 Å². The van der Waals surface area contributed by atoms with Crippen LogP contribution in [0.1, 0.15) is 30.2 Å². The fourth-order valence-corrected chi connectivity index (χ4v) is 3.53. The number of aryl methyl sites for hydroxylation is 1. The molecule has 118 valence electrons. The molecule has 1 heterocycles. The summed E-state index contributed by atoms with van der Waals surface area (Å²) in [5, 5.41) is 6.05. The van der Waals surface area contributed by atoms with Crippen LogP contribution in [0.15, 0.2) is 71.8 Å². The quantitative estimate of drug-likeness (QED) is 0.558. The monoisotopic (exact) mass is 322 g/mol. The van der Waals surface area contributed by atoms with Crippen molar-refractivity contribution in [2.45, 2.75) is 37.1 Å². The van der Waals surface area contributed by atoms with Crippen molar-refractivity contribution in [3.63, 3.8) is 0 Å². The van der Waals surface area contributed by atoms with Gasteiger partial charge in [0.1, 0.15) is 0 Å². The minimum atomic E-state index is 0.835. The molecule has 0 unspecified atom stereocenters.